The summed E-state index contributed by atoms with van der Waals surface area (Å²) in [4.78, 5) is 10.2. The number of aliphatic hydroxyl groups is 1. The van der Waals surface area contributed by atoms with E-state index in [1.54, 1.807) is 12.5 Å². The average Bonchev–Trinajstić information content (AvgIpc) is 2.67. The summed E-state index contributed by atoms with van der Waals surface area (Å²) in [6.07, 6.45) is 5.47. The normalized spacial score (nSPS) is 22.2. The topological polar surface area (TPSA) is 49.2 Å². The van der Waals surface area contributed by atoms with E-state index in [0.717, 1.165) is 25.2 Å². The lowest BCUT2D eigenvalue weighted by atomic mass is 10.2. The molecule has 1 aliphatic heterocycles. The lowest BCUT2D eigenvalue weighted by Crippen LogP contribution is -2.32. The zero-order chi connectivity index (χ0) is 9.10. The molecule has 2 heterocycles. The van der Waals surface area contributed by atoms with E-state index >= 15 is 0 Å². The fourth-order valence-electron chi connectivity index (χ4n) is 1.78. The van der Waals surface area contributed by atoms with Gasteiger partial charge in [-0.05, 0) is 18.9 Å². The summed E-state index contributed by atoms with van der Waals surface area (Å²) in [7, 11) is 0. The number of aliphatic hydroxyl groups excluding tert-OH is 1. The fraction of sp³-hybridized carbons (Fsp3) is 0.556. The van der Waals surface area contributed by atoms with Crippen molar-refractivity contribution in [2.45, 2.75) is 18.9 Å². The van der Waals surface area contributed by atoms with Gasteiger partial charge in [0, 0.05) is 12.7 Å². The second-order valence-corrected chi connectivity index (χ2v) is 3.24. The first-order valence-corrected chi connectivity index (χ1v) is 4.55. The van der Waals surface area contributed by atoms with Crippen molar-refractivity contribution in [1.82, 2.24) is 9.97 Å². The Balaban J connectivity index is 2.16. The predicted octanol–water partition coefficient (Wildman–Crippen LogP) is 0.438. The van der Waals surface area contributed by atoms with E-state index in [0.29, 0.717) is 0 Å². The highest BCUT2D eigenvalue weighted by molar-refractivity contribution is 5.39. The molecule has 0 radical (unpaired) electrons. The van der Waals surface area contributed by atoms with Crippen LogP contribution in [0.3, 0.4) is 0 Å². The van der Waals surface area contributed by atoms with Crippen LogP contribution >= 0.6 is 0 Å². The first-order valence-electron chi connectivity index (χ1n) is 4.55. The molecule has 1 unspecified atom stereocenters. The second-order valence-electron chi connectivity index (χ2n) is 3.24. The van der Waals surface area contributed by atoms with Gasteiger partial charge in [0.2, 0.25) is 0 Å². The van der Waals surface area contributed by atoms with Crippen molar-refractivity contribution in [1.29, 1.82) is 0 Å². The van der Waals surface area contributed by atoms with Gasteiger partial charge in [-0.15, -0.1) is 0 Å². The molecular formula is C9H13N3O. The van der Waals surface area contributed by atoms with Gasteiger partial charge in [-0.3, -0.25) is 0 Å². The molecule has 0 aromatic carbocycles. The third-order valence-electron chi connectivity index (χ3n) is 2.45. The van der Waals surface area contributed by atoms with Crippen LogP contribution in [0, 0.1) is 0 Å². The molecule has 1 aliphatic rings. The minimum Gasteiger partial charge on any atom is -0.394 e. The Morgan fingerprint density at radius 2 is 2.54 bits per heavy atom. The Kier molecular flexibility index (Phi) is 2.40. The average molecular weight is 179 g/mol. The molecule has 0 amide bonds. The van der Waals surface area contributed by atoms with Crippen LogP contribution in [0.2, 0.25) is 0 Å². The van der Waals surface area contributed by atoms with E-state index in [1.165, 1.54) is 0 Å². The number of hydrogen-bond acceptors (Lipinski definition) is 4. The van der Waals surface area contributed by atoms with Gasteiger partial charge in [-0.2, -0.15) is 0 Å². The number of hydrogen-bond donors (Lipinski definition) is 1. The monoisotopic (exact) mass is 179 g/mol. The highest BCUT2D eigenvalue weighted by Gasteiger charge is 2.24. The molecule has 1 N–H and O–H groups in total. The Bertz CT molecular complexity index is 265. The quantitative estimate of drug-likeness (QED) is 0.715. The molecule has 0 bridgehead atoms. The molecule has 1 aromatic heterocycles. The molecule has 4 heteroatoms. The van der Waals surface area contributed by atoms with Crippen LogP contribution < -0.4 is 4.90 Å². The molecule has 4 nitrogen and oxygen atoms in total. The van der Waals surface area contributed by atoms with Crippen molar-refractivity contribution in [2.75, 3.05) is 18.1 Å². The summed E-state index contributed by atoms with van der Waals surface area (Å²) in [6.45, 7) is 1.20. The van der Waals surface area contributed by atoms with E-state index in [1.807, 2.05) is 6.07 Å². The second kappa shape index (κ2) is 3.70. The van der Waals surface area contributed by atoms with Gasteiger partial charge in [0.1, 0.15) is 12.1 Å². The van der Waals surface area contributed by atoms with Crippen LogP contribution in [-0.2, 0) is 0 Å². The molecule has 0 spiro atoms. The molecule has 2 rings (SSSR count). The summed E-state index contributed by atoms with van der Waals surface area (Å²) in [5.74, 6) is 0.923. The maximum absolute atomic E-state index is 9.11. The number of nitrogens with zero attached hydrogens (tertiary/aromatic N) is 3. The van der Waals surface area contributed by atoms with E-state index in [-0.39, 0.29) is 12.6 Å². The van der Waals surface area contributed by atoms with Crippen LogP contribution in [-0.4, -0.2) is 34.3 Å². The SMILES string of the molecule is OCC1CCCN1c1ccncn1. The van der Waals surface area contributed by atoms with Crippen LogP contribution in [0.5, 0.6) is 0 Å². The zero-order valence-corrected chi connectivity index (χ0v) is 7.43. The van der Waals surface area contributed by atoms with Gasteiger partial charge in [-0.25, -0.2) is 9.97 Å². The Morgan fingerprint density at radius 1 is 1.62 bits per heavy atom. The smallest absolute Gasteiger partial charge is 0.132 e. The van der Waals surface area contributed by atoms with Crippen molar-refractivity contribution in [2.24, 2.45) is 0 Å². The largest absolute Gasteiger partial charge is 0.394 e. The minimum absolute atomic E-state index is 0.212. The summed E-state index contributed by atoms with van der Waals surface area (Å²) in [5.41, 5.74) is 0. The zero-order valence-electron chi connectivity index (χ0n) is 7.43. The third-order valence-corrected chi connectivity index (χ3v) is 2.45. The summed E-state index contributed by atoms with van der Waals surface area (Å²) in [5, 5.41) is 9.11. The highest BCUT2D eigenvalue weighted by Crippen LogP contribution is 2.22. The number of rotatable bonds is 2. The number of anilines is 1. The predicted molar refractivity (Wildman–Crippen MR) is 49.5 cm³/mol. The standard InChI is InChI=1S/C9H13N3O/c13-6-8-2-1-5-12(8)9-3-4-10-7-11-9/h3-4,7-8,13H,1-2,5-6H2. The van der Waals surface area contributed by atoms with Gasteiger partial charge in [0.15, 0.2) is 0 Å². The molecule has 1 saturated heterocycles. The maximum atomic E-state index is 9.11. The lowest BCUT2D eigenvalue weighted by Gasteiger charge is -2.23. The van der Waals surface area contributed by atoms with E-state index < -0.39 is 0 Å². The molecular weight excluding hydrogens is 166 g/mol. The third kappa shape index (κ3) is 1.62. The van der Waals surface area contributed by atoms with Gasteiger partial charge in [0.05, 0.1) is 12.6 Å². The Labute approximate surface area is 77.2 Å². The van der Waals surface area contributed by atoms with Crippen molar-refractivity contribution >= 4 is 5.82 Å². The Morgan fingerprint density at radius 3 is 3.23 bits per heavy atom. The molecule has 0 aliphatic carbocycles. The summed E-state index contributed by atoms with van der Waals surface area (Å²) < 4.78 is 0. The molecule has 1 atom stereocenters. The van der Waals surface area contributed by atoms with Crippen molar-refractivity contribution in [3.63, 3.8) is 0 Å². The van der Waals surface area contributed by atoms with Crippen LogP contribution in [0.15, 0.2) is 18.6 Å². The Hall–Kier alpha value is -1.16. The van der Waals surface area contributed by atoms with Crippen molar-refractivity contribution in [3.8, 4) is 0 Å². The molecule has 0 saturated carbocycles. The molecule has 70 valence electrons. The molecule has 13 heavy (non-hydrogen) atoms. The van der Waals surface area contributed by atoms with Crippen LogP contribution in [0.25, 0.3) is 0 Å². The first-order chi connectivity index (χ1) is 6.42. The first kappa shape index (κ1) is 8.44. The fourth-order valence-corrected chi connectivity index (χ4v) is 1.78. The van der Waals surface area contributed by atoms with E-state index in [2.05, 4.69) is 14.9 Å². The highest BCUT2D eigenvalue weighted by atomic mass is 16.3. The van der Waals surface area contributed by atoms with Gasteiger partial charge >= 0.3 is 0 Å². The van der Waals surface area contributed by atoms with Gasteiger partial charge in [-0.1, -0.05) is 0 Å². The number of aromatic nitrogens is 2. The van der Waals surface area contributed by atoms with Gasteiger partial charge < -0.3 is 10.0 Å². The molecule has 1 aromatic rings. The minimum atomic E-state index is 0.212. The van der Waals surface area contributed by atoms with Crippen LogP contribution in [0.1, 0.15) is 12.8 Å². The van der Waals surface area contributed by atoms with Crippen molar-refractivity contribution < 1.29 is 5.11 Å². The lowest BCUT2D eigenvalue weighted by molar-refractivity contribution is 0.266. The van der Waals surface area contributed by atoms with E-state index in [9.17, 15) is 0 Å². The van der Waals surface area contributed by atoms with Crippen molar-refractivity contribution in [3.05, 3.63) is 18.6 Å². The summed E-state index contributed by atoms with van der Waals surface area (Å²) in [6, 6.07) is 2.13. The summed E-state index contributed by atoms with van der Waals surface area (Å²) >= 11 is 0. The van der Waals surface area contributed by atoms with Crippen LogP contribution in [0.4, 0.5) is 5.82 Å². The van der Waals surface area contributed by atoms with Gasteiger partial charge in [0.25, 0.3) is 0 Å². The maximum Gasteiger partial charge on any atom is 0.132 e. The molecule has 1 fully saturated rings. The van der Waals surface area contributed by atoms with E-state index in [4.69, 9.17) is 5.11 Å².